The summed E-state index contributed by atoms with van der Waals surface area (Å²) in [4.78, 5) is 4.38. The predicted octanol–water partition coefficient (Wildman–Crippen LogP) is 2.45. The molecule has 0 aromatic carbocycles. The Morgan fingerprint density at radius 1 is 1.31 bits per heavy atom. The van der Waals surface area contributed by atoms with Gasteiger partial charge < -0.3 is 10.4 Å². The minimum absolute atomic E-state index is 0.435. The van der Waals surface area contributed by atoms with E-state index >= 15 is 0 Å². The van der Waals surface area contributed by atoms with Crippen LogP contribution in [0.3, 0.4) is 0 Å². The van der Waals surface area contributed by atoms with Crippen molar-refractivity contribution in [2.24, 2.45) is 0 Å². The number of aryl methyl sites for hydroxylation is 1. The zero-order chi connectivity index (χ0) is 12.4. The smallest absolute Gasteiger partial charge is 0.203 e. The van der Waals surface area contributed by atoms with Gasteiger partial charge in [0.1, 0.15) is 5.82 Å². The summed E-state index contributed by atoms with van der Waals surface area (Å²) in [6.45, 7) is 9.58. The molecule has 0 radical (unpaired) electrons. The molecule has 0 saturated heterocycles. The fraction of sp³-hybridized carbons (Fsp3) is 0.818. The highest BCUT2D eigenvalue weighted by atomic mass is 32.1. The van der Waals surface area contributed by atoms with Gasteiger partial charge in [-0.05, 0) is 34.1 Å². The molecular formula is C11H21N3OS. The third kappa shape index (κ3) is 3.15. The molecule has 92 valence electrons. The molecule has 0 fully saturated rings. The van der Waals surface area contributed by atoms with E-state index in [0.717, 1.165) is 23.8 Å². The van der Waals surface area contributed by atoms with Gasteiger partial charge in [-0.15, -0.1) is 0 Å². The number of hydrogen-bond donors (Lipinski definition) is 2. The quantitative estimate of drug-likeness (QED) is 0.834. The van der Waals surface area contributed by atoms with Crippen LogP contribution in [0.4, 0.5) is 5.13 Å². The second kappa shape index (κ2) is 4.67. The molecule has 0 atom stereocenters. The van der Waals surface area contributed by atoms with Crippen LogP contribution in [-0.4, -0.2) is 25.6 Å². The van der Waals surface area contributed by atoms with Crippen molar-refractivity contribution in [2.45, 2.75) is 58.6 Å². The minimum atomic E-state index is -0.816. The second-order valence-corrected chi connectivity index (χ2v) is 5.83. The minimum Gasteiger partial charge on any atom is -0.388 e. The number of aliphatic hydroxyl groups is 1. The lowest BCUT2D eigenvalue weighted by Crippen LogP contribution is -2.51. The van der Waals surface area contributed by atoms with Crippen molar-refractivity contribution >= 4 is 16.7 Å². The highest BCUT2D eigenvalue weighted by Crippen LogP contribution is 2.26. The Hall–Kier alpha value is -0.680. The third-order valence-corrected chi connectivity index (χ3v) is 3.56. The molecule has 0 spiro atoms. The summed E-state index contributed by atoms with van der Waals surface area (Å²) in [5.74, 6) is 0.876. The molecule has 0 amide bonds. The molecule has 1 aromatic rings. The van der Waals surface area contributed by atoms with Gasteiger partial charge in [0, 0.05) is 18.0 Å². The summed E-state index contributed by atoms with van der Waals surface area (Å²) in [7, 11) is 0. The van der Waals surface area contributed by atoms with Crippen molar-refractivity contribution in [2.75, 3.05) is 5.32 Å². The van der Waals surface area contributed by atoms with E-state index in [1.807, 2.05) is 13.8 Å². The van der Waals surface area contributed by atoms with E-state index in [0.29, 0.717) is 0 Å². The molecule has 1 heterocycles. The molecule has 0 aliphatic rings. The molecule has 0 unspecified atom stereocenters. The van der Waals surface area contributed by atoms with Crippen LogP contribution in [0.25, 0.3) is 0 Å². The van der Waals surface area contributed by atoms with E-state index < -0.39 is 11.1 Å². The van der Waals surface area contributed by atoms with Crippen LogP contribution in [-0.2, 0) is 6.42 Å². The van der Waals surface area contributed by atoms with E-state index in [9.17, 15) is 5.11 Å². The van der Waals surface area contributed by atoms with Gasteiger partial charge in [-0.3, -0.25) is 0 Å². The van der Waals surface area contributed by atoms with E-state index in [4.69, 9.17) is 0 Å². The van der Waals surface area contributed by atoms with Gasteiger partial charge in [0.2, 0.25) is 5.13 Å². The number of hydrogen-bond acceptors (Lipinski definition) is 5. The van der Waals surface area contributed by atoms with Gasteiger partial charge in [0.05, 0.1) is 11.1 Å². The zero-order valence-corrected chi connectivity index (χ0v) is 11.5. The van der Waals surface area contributed by atoms with Crippen LogP contribution in [0.1, 0.15) is 46.9 Å². The fourth-order valence-corrected chi connectivity index (χ4v) is 1.82. The number of anilines is 1. The molecule has 0 aliphatic heterocycles. The topological polar surface area (TPSA) is 58.0 Å². The Bertz CT molecular complexity index is 341. The normalized spacial score (nSPS) is 12.9. The first-order valence-corrected chi connectivity index (χ1v) is 6.37. The average Bonchev–Trinajstić information content (AvgIpc) is 2.50. The number of aromatic nitrogens is 2. The molecular weight excluding hydrogens is 222 g/mol. The summed E-state index contributed by atoms with van der Waals surface area (Å²) in [6.07, 6.45) is 1.95. The van der Waals surface area contributed by atoms with E-state index in [1.165, 1.54) is 11.5 Å². The van der Waals surface area contributed by atoms with E-state index in [2.05, 4.69) is 21.6 Å². The summed E-state index contributed by atoms with van der Waals surface area (Å²) in [5.41, 5.74) is -1.25. The van der Waals surface area contributed by atoms with Gasteiger partial charge in [-0.1, -0.05) is 6.92 Å². The maximum Gasteiger partial charge on any atom is 0.203 e. The Balaban J connectivity index is 2.72. The van der Waals surface area contributed by atoms with Crippen molar-refractivity contribution in [3.63, 3.8) is 0 Å². The lowest BCUT2D eigenvalue weighted by molar-refractivity contribution is 0.0240. The van der Waals surface area contributed by atoms with Crippen LogP contribution in [0.5, 0.6) is 0 Å². The van der Waals surface area contributed by atoms with Crippen LogP contribution in [0, 0.1) is 0 Å². The standard InChI is InChI=1S/C11H21N3OS/c1-6-7-8-12-9(16-14-8)13-10(2,3)11(4,5)15/h15H,6-7H2,1-5H3,(H,12,13,14). The maximum atomic E-state index is 10.0. The molecule has 0 saturated carbocycles. The van der Waals surface area contributed by atoms with E-state index in [-0.39, 0.29) is 0 Å². The fourth-order valence-electron chi connectivity index (χ4n) is 1.05. The molecule has 5 heteroatoms. The molecule has 4 nitrogen and oxygen atoms in total. The first kappa shape index (κ1) is 13.4. The number of nitrogens with one attached hydrogen (secondary N) is 1. The van der Waals surface area contributed by atoms with E-state index in [1.54, 1.807) is 13.8 Å². The second-order valence-electron chi connectivity index (χ2n) is 5.07. The van der Waals surface area contributed by atoms with Crippen molar-refractivity contribution in [1.82, 2.24) is 9.36 Å². The van der Waals surface area contributed by atoms with Crippen molar-refractivity contribution < 1.29 is 5.11 Å². The van der Waals surface area contributed by atoms with Gasteiger partial charge in [0.15, 0.2) is 0 Å². The summed E-state index contributed by atoms with van der Waals surface area (Å²) in [6, 6.07) is 0. The summed E-state index contributed by atoms with van der Waals surface area (Å²) < 4.78 is 4.26. The highest BCUT2D eigenvalue weighted by Gasteiger charge is 2.35. The van der Waals surface area contributed by atoms with Gasteiger partial charge in [-0.2, -0.15) is 4.37 Å². The van der Waals surface area contributed by atoms with Crippen LogP contribution in [0.15, 0.2) is 0 Å². The van der Waals surface area contributed by atoms with Crippen molar-refractivity contribution in [3.05, 3.63) is 5.82 Å². The third-order valence-electron chi connectivity index (χ3n) is 2.89. The largest absolute Gasteiger partial charge is 0.388 e. The first-order valence-electron chi connectivity index (χ1n) is 5.59. The van der Waals surface area contributed by atoms with Crippen molar-refractivity contribution in [3.8, 4) is 0 Å². The number of rotatable bonds is 5. The molecule has 1 aromatic heterocycles. The van der Waals surface area contributed by atoms with Gasteiger partial charge in [0.25, 0.3) is 0 Å². The summed E-state index contributed by atoms with van der Waals surface area (Å²) in [5, 5.41) is 14.0. The predicted molar refractivity (Wildman–Crippen MR) is 67.9 cm³/mol. The maximum absolute atomic E-state index is 10.0. The van der Waals surface area contributed by atoms with Crippen LogP contribution < -0.4 is 5.32 Å². The monoisotopic (exact) mass is 243 g/mol. The Morgan fingerprint density at radius 3 is 2.44 bits per heavy atom. The molecule has 16 heavy (non-hydrogen) atoms. The average molecular weight is 243 g/mol. The Kier molecular flexibility index (Phi) is 3.91. The Morgan fingerprint density at radius 2 is 1.94 bits per heavy atom. The first-order chi connectivity index (χ1) is 7.26. The summed E-state index contributed by atoms with van der Waals surface area (Å²) >= 11 is 1.35. The molecule has 0 bridgehead atoms. The number of nitrogens with zero attached hydrogens (tertiary/aromatic N) is 2. The van der Waals surface area contributed by atoms with Gasteiger partial charge >= 0.3 is 0 Å². The highest BCUT2D eigenvalue weighted by molar-refractivity contribution is 7.09. The SMILES string of the molecule is CCCc1nsc(NC(C)(C)C(C)(C)O)n1. The molecule has 1 rings (SSSR count). The molecule has 0 aliphatic carbocycles. The van der Waals surface area contributed by atoms with Crippen LogP contribution in [0.2, 0.25) is 0 Å². The lowest BCUT2D eigenvalue weighted by Gasteiger charge is -2.37. The van der Waals surface area contributed by atoms with Crippen molar-refractivity contribution in [1.29, 1.82) is 0 Å². The van der Waals surface area contributed by atoms with Gasteiger partial charge in [-0.25, -0.2) is 4.98 Å². The Labute approximate surface area is 101 Å². The van der Waals surface area contributed by atoms with Crippen LogP contribution >= 0.6 is 11.5 Å². The zero-order valence-electron chi connectivity index (χ0n) is 10.7. The molecule has 2 N–H and O–H groups in total. The lowest BCUT2D eigenvalue weighted by atomic mass is 9.86.